The number of unbranched alkanes of at least 4 members (excludes halogenated alkanes) is 24. The second-order valence-corrected chi connectivity index (χ2v) is 14.7. The van der Waals surface area contributed by atoms with Gasteiger partial charge in [0.15, 0.2) is 0 Å². The van der Waals surface area contributed by atoms with E-state index in [0.717, 1.165) is 51.4 Å². The first-order valence-corrected chi connectivity index (χ1v) is 22.0. The van der Waals surface area contributed by atoms with Gasteiger partial charge in [-0.05, 0) is 70.6 Å². The van der Waals surface area contributed by atoms with E-state index < -0.39 is 12.1 Å². The first kappa shape index (κ1) is 49.1. The van der Waals surface area contributed by atoms with Gasteiger partial charge in [-0.1, -0.05) is 197 Å². The van der Waals surface area contributed by atoms with Crippen molar-refractivity contribution < 1.29 is 15.0 Å². The van der Waals surface area contributed by atoms with E-state index in [1.54, 1.807) is 6.08 Å². The third-order valence-corrected chi connectivity index (χ3v) is 9.71. The number of carbonyl (C=O) groups is 1. The molecular weight excluding hydrogens is 627 g/mol. The quantitative estimate of drug-likeness (QED) is 0.0439. The Balaban J connectivity index is 3.62. The molecule has 0 aliphatic rings. The second kappa shape index (κ2) is 42.5. The van der Waals surface area contributed by atoms with Gasteiger partial charge in [-0.15, -0.1) is 0 Å². The van der Waals surface area contributed by atoms with E-state index in [4.69, 9.17) is 0 Å². The lowest BCUT2D eigenvalue weighted by atomic mass is 10.0. The van der Waals surface area contributed by atoms with Gasteiger partial charge >= 0.3 is 0 Å². The molecule has 3 N–H and O–H groups in total. The van der Waals surface area contributed by atoms with Crippen molar-refractivity contribution in [2.75, 3.05) is 6.61 Å². The Morgan fingerprint density at radius 1 is 0.490 bits per heavy atom. The van der Waals surface area contributed by atoms with Gasteiger partial charge in [0.25, 0.3) is 0 Å². The van der Waals surface area contributed by atoms with Crippen LogP contribution in [-0.2, 0) is 4.79 Å². The van der Waals surface area contributed by atoms with Crippen LogP contribution in [0.1, 0.15) is 213 Å². The van der Waals surface area contributed by atoms with Gasteiger partial charge in [0.2, 0.25) is 5.91 Å². The van der Waals surface area contributed by atoms with Crippen molar-refractivity contribution in [1.29, 1.82) is 0 Å². The maximum absolute atomic E-state index is 12.4. The molecule has 0 radical (unpaired) electrons. The Morgan fingerprint density at radius 2 is 0.882 bits per heavy atom. The number of nitrogens with one attached hydrogen (secondary N) is 1. The summed E-state index contributed by atoms with van der Waals surface area (Å²) in [7, 11) is 0. The molecule has 0 rings (SSSR count). The average Bonchev–Trinajstić information content (AvgIpc) is 3.13. The summed E-state index contributed by atoms with van der Waals surface area (Å²) in [5, 5.41) is 23.0. The zero-order valence-corrected chi connectivity index (χ0v) is 33.9. The van der Waals surface area contributed by atoms with Crippen molar-refractivity contribution in [3.05, 3.63) is 60.8 Å². The number of aliphatic hydroxyl groups excluding tert-OH is 2. The van der Waals surface area contributed by atoms with Gasteiger partial charge in [0.05, 0.1) is 18.8 Å². The first-order valence-electron chi connectivity index (χ1n) is 22.0. The Hall–Kier alpha value is -1.91. The van der Waals surface area contributed by atoms with E-state index in [9.17, 15) is 15.0 Å². The molecule has 0 aliphatic heterocycles. The van der Waals surface area contributed by atoms with Crippen LogP contribution in [0.5, 0.6) is 0 Å². The summed E-state index contributed by atoms with van der Waals surface area (Å²) >= 11 is 0. The van der Waals surface area contributed by atoms with Crippen molar-refractivity contribution in [1.82, 2.24) is 5.32 Å². The SMILES string of the molecule is CC/C=C\C/C=C\CCCCCCCCCCCCCCCCC(=O)NC(CO)C(O)/C=C/CC/C=C/CC/C=C/CCCCCCCCCC. The molecule has 0 fully saturated rings. The average molecular weight is 712 g/mol. The summed E-state index contributed by atoms with van der Waals surface area (Å²) in [5.41, 5.74) is 0. The molecule has 0 heterocycles. The number of amides is 1. The predicted molar refractivity (Wildman–Crippen MR) is 225 cm³/mol. The third kappa shape index (κ3) is 39.1. The molecule has 0 aliphatic carbocycles. The van der Waals surface area contributed by atoms with Crippen LogP contribution in [-0.4, -0.2) is 34.9 Å². The lowest BCUT2D eigenvalue weighted by Crippen LogP contribution is -2.45. The van der Waals surface area contributed by atoms with Crippen LogP contribution in [0.25, 0.3) is 0 Å². The summed E-state index contributed by atoms with van der Waals surface area (Å²) in [4.78, 5) is 12.4. The van der Waals surface area contributed by atoms with Crippen molar-refractivity contribution in [3.8, 4) is 0 Å². The molecule has 4 heteroatoms. The molecule has 0 spiro atoms. The summed E-state index contributed by atoms with van der Waals surface area (Å²) in [6.45, 7) is 4.19. The highest BCUT2D eigenvalue weighted by molar-refractivity contribution is 5.76. The molecule has 0 bridgehead atoms. The minimum Gasteiger partial charge on any atom is -0.394 e. The van der Waals surface area contributed by atoms with Crippen LogP contribution in [0, 0.1) is 0 Å². The standard InChI is InChI=1S/C47H85NO3/c1-3-5-7-9-11-13-15-17-19-21-23-24-25-27-29-31-33-35-37-39-41-43-47(51)48-45(44-49)46(50)42-40-38-36-34-32-30-28-26-22-20-18-16-14-12-10-8-6-4-2/h5,7,11,13,22,26,32,34,40,42,45-46,49-50H,3-4,6,8-10,12,14-21,23-25,27-31,33,35-39,41,43-44H2,1-2H3,(H,48,51)/b7-5-,13-11-,26-22+,34-32+,42-40+. The largest absolute Gasteiger partial charge is 0.394 e. The molecule has 0 aromatic rings. The number of hydrogen-bond acceptors (Lipinski definition) is 3. The van der Waals surface area contributed by atoms with Gasteiger partial charge in [-0.25, -0.2) is 0 Å². The number of aliphatic hydroxyl groups is 2. The van der Waals surface area contributed by atoms with E-state index in [2.05, 4.69) is 67.8 Å². The molecule has 0 saturated heterocycles. The molecule has 51 heavy (non-hydrogen) atoms. The zero-order valence-electron chi connectivity index (χ0n) is 33.9. The molecule has 2 unspecified atom stereocenters. The van der Waals surface area contributed by atoms with Crippen LogP contribution in [0.3, 0.4) is 0 Å². The molecule has 0 aromatic heterocycles. The Morgan fingerprint density at radius 3 is 1.35 bits per heavy atom. The minimum absolute atomic E-state index is 0.0800. The van der Waals surface area contributed by atoms with Gasteiger partial charge in [-0.2, -0.15) is 0 Å². The third-order valence-electron chi connectivity index (χ3n) is 9.71. The van der Waals surface area contributed by atoms with Gasteiger partial charge < -0.3 is 15.5 Å². The van der Waals surface area contributed by atoms with E-state index in [1.807, 2.05) is 6.08 Å². The Labute approximate surface area is 317 Å². The number of rotatable bonds is 39. The summed E-state index contributed by atoms with van der Waals surface area (Å²) in [5.74, 6) is -0.0800. The maximum Gasteiger partial charge on any atom is 0.220 e. The fraction of sp³-hybridized carbons (Fsp3) is 0.766. The fourth-order valence-corrected chi connectivity index (χ4v) is 6.36. The van der Waals surface area contributed by atoms with Crippen molar-refractivity contribution in [3.63, 3.8) is 0 Å². The zero-order chi connectivity index (χ0) is 37.1. The molecule has 4 nitrogen and oxygen atoms in total. The van der Waals surface area contributed by atoms with Crippen LogP contribution < -0.4 is 5.32 Å². The van der Waals surface area contributed by atoms with E-state index in [0.29, 0.717) is 6.42 Å². The monoisotopic (exact) mass is 712 g/mol. The van der Waals surface area contributed by atoms with Crippen LogP contribution in [0.2, 0.25) is 0 Å². The van der Waals surface area contributed by atoms with Gasteiger partial charge in [-0.3, -0.25) is 4.79 Å². The topological polar surface area (TPSA) is 69.6 Å². The summed E-state index contributed by atoms with van der Waals surface area (Å²) in [6.07, 6.45) is 59.0. The van der Waals surface area contributed by atoms with E-state index in [1.165, 1.54) is 141 Å². The number of allylic oxidation sites excluding steroid dienone is 9. The number of carbonyl (C=O) groups excluding carboxylic acids is 1. The molecule has 0 saturated carbocycles. The molecule has 296 valence electrons. The van der Waals surface area contributed by atoms with Crippen LogP contribution >= 0.6 is 0 Å². The minimum atomic E-state index is -0.871. The highest BCUT2D eigenvalue weighted by Gasteiger charge is 2.17. The molecule has 1 amide bonds. The smallest absolute Gasteiger partial charge is 0.220 e. The van der Waals surface area contributed by atoms with E-state index in [-0.39, 0.29) is 12.5 Å². The Bertz CT molecular complexity index is 858. The first-order chi connectivity index (χ1) is 25.2. The van der Waals surface area contributed by atoms with Crippen molar-refractivity contribution >= 4 is 5.91 Å². The number of hydrogen-bond donors (Lipinski definition) is 3. The highest BCUT2D eigenvalue weighted by atomic mass is 16.3. The normalized spacial score (nSPS) is 13.6. The lowest BCUT2D eigenvalue weighted by Gasteiger charge is -2.19. The highest BCUT2D eigenvalue weighted by Crippen LogP contribution is 2.14. The van der Waals surface area contributed by atoms with Gasteiger partial charge in [0, 0.05) is 6.42 Å². The lowest BCUT2D eigenvalue weighted by molar-refractivity contribution is -0.123. The fourth-order valence-electron chi connectivity index (χ4n) is 6.36. The van der Waals surface area contributed by atoms with Crippen LogP contribution in [0.4, 0.5) is 0 Å². The summed E-state index contributed by atoms with van der Waals surface area (Å²) < 4.78 is 0. The van der Waals surface area contributed by atoms with Crippen LogP contribution in [0.15, 0.2) is 60.8 Å². The van der Waals surface area contributed by atoms with Crippen molar-refractivity contribution in [2.45, 2.75) is 225 Å². The molecular formula is C47H85NO3. The summed E-state index contributed by atoms with van der Waals surface area (Å²) in [6, 6.07) is -0.646. The Kier molecular flexibility index (Phi) is 40.9. The second-order valence-electron chi connectivity index (χ2n) is 14.7. The predicted octanol–water partition coefficient (Wildman–Crippen LogP) is 13.7. The van der Waals surface area contributed by atoms with Gasteiger partial charge in [0.1, 0.15) is 0 Å². The van der Waals surface area contributed by atoms with Crippen molar-refractivity contribution in [2.24, 2.45) is 0 Å². The van der Waals surface area contributed by atoms with E-state index >= 15 is 0 Å². The molecule has 2 atom stereocenters. The molecule has 0 aromatic carbocycles. The maximum atomic E-state index is 12.4.